The highest BCUT2D eigenvalue weighted by atomic mass is 16.5. The summed E-state index contributed by atoms with van der Waals surface area (Å²) in [6.07, 6.45) is 10.2. The first-order valence-corrected chi connectivity index (χ1v) is 6.71. The van der Waals surface area contributed by atoms with Crippen molar-refractivity contribution in [3.63, 3.8) is 0 Å². The van der Waals surface area contributed by atoms with Crippen molar-refractivity contribution in [3.05, 3.63) is 12.8 Å². The molecule has 0 aliphatic rings. The van der Waals surface area contributed by atoms with Crippen molar-refractivity contribution in [2.75, 3.05) is 0 Å². The number of ether oxygens (including phenoxy) is 1. The average molecular weight is 242 g/mol. The lowest BCUT2D eigenvalue weighted by molar-refractivity contribution is -0.147. The Hall–Kier alpha value is -0.830. The molecule has 0 aliphatic carbocycles. The highest BCUT2D eigenvalue weighted by Crippen LogP contribution is 2.11. The van der Waals surface area contributed by atoms with E-state index in [1.165, 1.54) is 38.5 Å². The van der Waals surface area contributed by atoms with Gasteiger partial charge in [-0.3, -0.25) is 0 Å². The number of aliphatic hydroxyl groups excluding tert-OH is 1. The summed E-state index contributed by atoms with van der Waals surface area (Å²) in [6.45, 7) is 5.49. The van der Waals surface area contributed by atoms with Crippen LogP contribution in [0.1, 0.15) is 64.7 Å². The lowest BCUT2D eigenvalue weighted by Crippen LogP contribution is -2.20. The summed E-state index contributed by atoms with van der Waals surface area (Å²) in [5.74, 6) is -0.594. The summed E-state index contributed by atoms with van der Waals surface area (Å²) in [6, 6.07) is 0. The van der Waals surface area contributed by atoms with Gasteiger partial charge in [0.2, 0.25) is 0 Å². The number of carbonyl (C=O) groups is 1. The highest BCUT2D eigenvalue weighted by Gasteiger charge is 2.14. The van der Waals surface area contributed by atoms with E-state index >= 15 is 0 Å². The van der Waals surface area contributed by atoms with E-state index in [2.05, 4.69) is 18.2 Å². The molecule has 0 aromatic heterocycles. The topological polar surface area (TPSA) is 46.5 Å². The van der Waals surface area contributed by atoms with Crippen LogP contribution in [0.15, 0.2) is 12.8 Å². The lowest BCUT2D eigenvalue weighted by Gasteiger charge is -2.07. The second-order valence-electron chi connectivity index (χ2n) is 4.38. The Bertz CT molecular complexity index is 202. The molecular formula is C14H26O3. The number of rotatable bonds is 11. The number of hydrogen-bond donors (Lipinski definition) is 1. The Morgan fingerprint density at radius 2 is 1.71 bits per heavy atom. The summed E-state index contributed by atoms with van der Waals surface area (Å²) in [5.41, 5.74) is 0. The average Bonchev–Trinajstić information content (AvgIpc) is 2.32. The van der Waals surface area contributed by atoms with Gasteiger partial charge >= 0.3 is 5.97 Å². The fraction of sp³-hybridized carbons (Fsp3) is 0.786. The third kappa shape index (κ3) is 10.1. The normalized spacial score (nSPS) is 12.1. The first-order valence-electron chi connectivity index (χ1n) is 6.71. The van der Waals surface area contributed by atoms with Crippen LogP contribution in [0.5, 0.6) is 0 Å². The van der Waals surface area contributed by atoms with Gasteiger partial charge in [0, 0.05) is 0 Å². The smallest absolute Gasteiger partial charge is 0.339 e. The van der Waals surface area contributed by atoms with Gasteiger partial charge in [-0.15, -0.1) is 0 Å². The van der Waals surface area contributed by atoms with Crippen LogP contribution < -0.4 is 0 Å². The first-order chi connectivity index (χ1) is 8.22. The van der Waals surface area contributed by atoms with Gasteiger partial charge in [-0.1, -0.05) is 64.9 Å². The molecule has 0 rings (SSSR count). The van der Waals surface area contributed by atoms with Gasteiger partial charge in [-0.25, -0.2) is 4.79 Å². The van der Waals surface area contributed by atoms with Gasteiger partial charge < -0.3 is 9.84 Å². The number of hydrogen-bond acceptors (Lipinski definition) is 3. The molecule has 100 valence electrons. The minimum absolute atomic E-state index is 0.488. The van der Waals surface area contributed by atoms with Crippen LogP contribution in [0.25, 0.3) is 0 Å². The van der Waals surface area contributed by atoms with Crippen LogP contribution in [0.4, 0.5) is 0 Å². The molecule has 17 heavy (non-hydrogen) atoms. The summed E-state index contributed by atoms with van der Waals surface area (Å²) >= 11 is 0. The SMILES string of the molecule is C=COC(=O)C(O)CCCCCCCCCC. The molecule has 1 atom stereocenters. The molecular weight excluding hydrogens is 216 g/mol. The zero-order valence-electron chi connectivity index (χ0n) is 11.0. The van der Waals surface area contributed by atoms with E-state index in [0.717, 1.165) is 19.1 Å². The van der Waals surface area contributed by atoms with E-state index < -0.39 is 12.1 Å². The van der Waals surface area contributed by atoms with E-state index in [9.17, 15) is 9.90 Å². The van der Waals surface area contributed by atoms with Crippen molar-refractivity contribution in [3.8, 4) is 0 Å². The van der Waals surface area contributed by atoms with Crippen molar-refractivity contribution in [2.45, 2.75) is 70.8 Å². The molecule has 0 spiro atoms. The Labute approximate surface area is 105 Å². The van der Waals surface area contributed by atoms with Crippen LogP contribution in [0.2, 0.25) is 0 Å². The Morgan fingerprint density at radius 3 is 2.24 bits per heavy atom. The zero-order valence-corrected chi connectivity index (χ0v) is 11.0. The summed E-state index contributed by atoms with van der Waals surface area (Å²) in [4.78, 5) is 11.0. The number of aliphatic hydroxyl groups is 1. The molecule has 0 aromatic rings. The third-order valence-electron chi connectivity index (χ3n) is 2.80. The van der Waals surface area contributed by atoms with Gasteiger partial charge in [-0.05, 0) is 6.42 Å². The van der Waals surface area contributed by atoms with Crippen LogP contribution in [0.3, 0.4) is 0 Å². The van der Waals surface area contributed by atoms with E-state index in [4.69, 9.17) is 0 Å². The quantitative estimate of drug-likeness (QED) is 0.342. The van der Waals surface area contributed by atoms with Gasteiger partial charge in [0.1, 0.15) is 0 Å². The molecule has 1 N–H and O–H groups in total. The fourth-order valence-electron chi connectivity index (χ4n) is 1.75. The van der Waals surface area contributed by atoms with E-state index in [-0.39, 0.29) is 0 Å². The molecule has 0 fully saturated rings. The maximum Gasteiger partial charge on any atom is 0.339 e. The van der Waals surface area contributed by atoms with E-state index in [1.807, 2.05) is 0 Å². The molecule has 0 heterocycles. The molecule has 3 heteroatoms. The van der Waals surface area contributed by atoms with Gasteiger partial charge in [0.25, 0.3) is 0 Å². The monoisotopic (exact) mass is 242 g/mol. The van der Waals surface area contributed by atoms with Crippen molar-refractivity contribution >= 4 is 5.97 Å². The second kappa shape index (κ2) is 11.6. The molecule has 0 bridgehead atoms. The van der Waals surface area contributed by atoms with Crippen molar-refractivity contribution in [2.24, 2.45) is 0 Å². The van der Waals surface area contributed by atoms with Crippen LogP contribution in [0, 0.1) is 0 Å². The molecule has 0 radical (unpaired) electrons. The van der Waals surface area contributed by atoms with Crippen molar-refractivity contribution < 1.29 is 14.6 Å². The Morgan fingerprint density at radius 1 is 1.18 bits per heavy atom. The molecule has 0 aromatic carbocycles. The van der Waals surface area contributed by atoms with Crippen LogP contribution >= 0.6 is 0 Å². The van der Waals surface area contributed by atoms with Gasteiger partial charge in [0.05, 0.1) is 6.26 Å². The standard InChI is InChI=1S/C14H26O3/c1-3-5-6-7-8-9-10-11-12-13(15)14(16)17-4-2/h4,13,15H,2-3,5-12H2,1H3. The summed E-state index contributed by atoms with van der Waals surface area (Å²) in [5, 5.41) is 9.40. The number of esters is 1. The maximum atomic E-state index is 11.0. The molecule has 0 saturated heterocycles. The fourth-order valence-corrected chi connectivity index (χ4v) is 1.75. The number of carbonyl (C=O) groups excluding carboxylic acids is 1. The third-order valence-corrected chi connectivity index (χ3v) is 2.80. The number of unbranched alkanes of at least 4 members (excludes halogenated alkanes) is 7. The summed E-state index contributed by atoms with van der Waals surface area (Å²) in [7, 11) is 0. The highest BCUT2D eigenvalue weighted by molar-refractivity contribution is 5.74. The molecule has 0 saturated carbocycles. The molecule has 0 amide bonds. The largest absolute Gasteiger partial charge is 0.433 e. The predicted octanol–water partition coefficient (Wildman–Crippen LogP) is 3.56. The van der Waals surface area contributed by atoms with Crippen LogP contribution in [-0.4, -0.2) is 17.2 Å². The van der Waals surface area contributed by atoms with Crippen molar-refractivity contribution in [1.29, 1.82) is 0 Å². The lowest BCUT2D eigenvalue weighted by atomic mass is 10.1. The molecule has 3 nitrogen and oxygen atoms in total. The zero-order chi connectivity index (χ0) is 12.9. The van der Waals surface area contributed by atoms with E-state index in [0.29, 0.717) is 6.42 Å². The van der Waals surface area contributed by atoms with Gasteiger partial charge in [0.15, 0.2) is 6.10 Å². The Balaban J connectivity index is 3.27. The van der Waals surface area contributed by atoms with Gasteiger partial charge in [-0.2, -0.15) is 0 Å². The molecule has 1 unspecified atom stereocenters. The second-order valence-corrected chi connectivity index (χ2v) is 4.38. The minimum atomic E-state index is -0.993. The predicted molar refractivity (Wildman–Crippen MR) is 69.5 cm³/mol. The van der Waals surface area contributed by atoms with Crippen LogP contribution in [-0.2, 0) is 9.53 Å². The molecule has 0 aliphatic heterocycles. The first kappa shape index (κ1) is 16.2. The maximum absolute atomic E-state index is 11.0. The Kier molecular flexibility index (Phi) is 11.1. The summed E-state index contributed by atoms with van der Waals surface area (Å²) < 4.78 is 4.50. The van der Waals surface area contributed by atoms with E-state index in [1.54, 1.807) is 0 Å². The van der Waals surface area contributed by atoms with Crippen molar-refractivity contribution in [1.82, 2.24) is 0 Å². The minimum Gasteiger partial charge on any atom is -0.433 e.